The number of hydrogen-bond donors (Lipinski definition) is 0. The molecular weight excluding hydrogens is 359 g/mol. The van der Waals surface area contributed by atoms with Gasteiger partial charge in [-0.1, -0.05) is 0 Å². The molecule has 112 valence electrons. The quantitative estimate of drug-likeness (QED) is 0.328. The Balaban J connectivity index is 4.71. The molecule has 0 atom stereocenters. The van der Waals surface area contributed by atoms with Crippen LogP contribution in [0.15, 0.2) is 0 Å². The van der Waals surface area contributed by atoms with E-state index in [1.54, 1.807) is 0 Å². The van der Waals surface area contributed by atoms with E-state index in [9.17, 15) is 9.59 Å². The van der Waals surface area contributed by atoms with Gasteiger partial charge in [0.2, 0.25) is 0 Å². The summed E-state index contributed by atoms with van der Waals surface area (Å²) in [6.07, 6.45) is 3.72. The third-order valence-electron chi connectivity index (χ3n) is 2.44. The SMILES string of the molecule is CCC[CH2][Sn]([CH2]CCC)([O]OC(C)=O)[O]OC(C)=O. The fraction of sp³-hybridized carbons (Fsp3) is 0.833. The van der Waals surface area contributed by atoms with Crippen molar-refractivity contribution < 1.29 is 25.8 Å². The van der Waals surface area contributed by atoms with Gasteiger partial charge >= 0.3 is 119 Å². The Bertz CT molecular complexity index is 253. The van der Waals surface area contributed by atoms with Crippen LogP contribution in [-0.2, 0) is 25.8 Å². The molecule has 0 spiro atoms. The van der Waals surface area contributed by atoms with Crippen LogP contribution in [0, 0.1) is 0 Å². The van der Waals surface area contributed by atoms with Crippen molar-refractivity contribution in [2.75, 3.05) is 0 Å². The van der Waals surface area contributed by atoms with Gasteiger partial charge in [0.05, 0.1) is 0 Å². The topological polar surface area (TPSA) is 71.1 Å². The average Bonchev–Trinajstić information content (AvgIpc) is 2.37. The summed E-state index contributed by atoms with van der Waals surface area (Å²) in [5.41, 5.74) is 0. The number of unbranched alkanes of at least 4 members (excludes halogenated alkanes) is 2. The van der Waals surface area contributed by atoms with Gasteiger partial charge < -0.3 is 0 Å². The van der Waals surface area contributed by atoms with Gasteiger partial charge in [-0.3, -0.25) is 0 Å². The van der Waals surface area contributed by atoms with E-state index in [1.807, 2.05) is 13.8 Å². The third-order valence-corrected chi connectivity index (χ3v) is 11.0. The van der Waals surface area contributed by atoms with Crippen LogP contribution in [0.2, 0.25) is 8.87 Å². The molecule has 7 heteroatoms. The first-order valence-corrected chi connectivity index (χ1v) is 13.0. The van der Waals surface area contributed by atoms with Gasteiger partial charge in [-0.05, 0) is 0 Å². The Morgan fingerprint density at radius 1 is 0.842 bits per heavy atom. The molecule has 0 rings (SSSR count). The second-order valence-corrected chi connectivity index (χ2v) is 13.4. The number of carbonyl (C=O) groups is 2. The Morgan fingerprint density at radius 2 is 1.21 bits per heavy atom. The van der Waals surface area contributed by atoms with Crippen molar-refractivity contribution in [1.82, 2.24) is 0 Å². The van der Waals surface area contributed by atoms with Gasteiger partial charge in [0.1, 0.15) is 0 Å². The molecule has 0 N–H and O–H groups in total. The fourth-order valence-corrected chi connectivity index (χ4v) is 9.84. The second-order valence-electron chi connectivity index (χ2n) is 4.43. The first kappa shape index (κ1) is 18.7. The number of carbonyl (C=O) groups excluding carboxylic acids is 2. The molecule has 0 bridgehead atoms. The summed E-state index contributed by atoms with van der Waals surface area (Å²) in [6.45, 7) is 6.63. The fourth-order valence-electron chi connectivity index (χ4n) is 1.47. The zero-order valence-electron chi connectivity index (χ0n) is 12.2. The minimum absolute atomic E-state index is 0.527. The maximum absolute atomic E-state index is 10.9. The number of rotatable bonds is 10. The Labute approximate surface area is 119 Å². The molecule has 0 saturated heterocycles. The van der Waals surface area contributed by atoms with Crippen LogP contribution >= 0.6 is 0 Å². The van der Waals surface area contributed by atoms with E-state index in [0.29, 0.717) is 8.87 Å². The van der Waals surface area contributed by atoms with Gasteiger partial charge in [-0.15, -0.1) is 0 Å². The summed E-state index contributed by atoms with van der Waals surface area (Å²) < 4.78 is 12.0. The molecule has 0 amide bonds. The van der Waals surface area contributed by atoms with E-state index in [1.165, 1.54) is 13.8 Å². The van der Waals surface area contributed by atoms with E-state index in [0.717, 1.165) is 25.7 Å². The summed E-state index contributed by atoms with van der Waals surface area (Å²) in [6, 6.07) is 0. The standard InChI is InChI=1S/2C4H9.2C2H4O3.Sn/c2*1-3-4-2;2*1-2(3)5-4;/h2*1,3-4H2,2H3;2*4H,1H3;/q;;;;+2/p-2. The summed E-state index contributed by atoms with van der Waals surface area (Å²) in [5.74, 6) is -1.05. The van der Waals surface area contributed by atoms with Crippen LogP contribution in [0.4, 0.5) is 0 Å². The molecule has 0 aromatic rings. The Kier molecular flexibility index (Phi) is 10.3. The molecule has 0 aliphatic rings. The van der Waals surface area contributed by atoms with E-state index < -0.39 is 31.1 Å². The monoisotopic (exact) mass is 384 g/mol. The minimum atomic E-state index is -3.68. The van der Waals surface area contributed by atoms with Gasteiger partial charge in [-0.25, -0.2) is 0 Å². The molecular formula is C12H24O6Sn. The van der Waals surface area contributed by atoms with Crippen molar-refractivity contribution in [2.24, 2.45) is 0 Å². The Hall–Kier alpha value is -0.341. The zero-order valence-corrected chi connectivity index (χ0v) is 15.0. The van der Waals surface area contributed by atoms with Crippen LogP contribution in [0.5, 0.6) is 0 Å². The van der Waals surface area contributed by atoms with Crippen molar-refractivity contribution in [2.45, 2.75) is 62.3 Å². The molecule has 0 aromatic carbocycles. The molecule has 19 heavy (non-hydrogen) atoms. The molecule has 0 saturated carbocycles. The molecule has 0 unspecified atom stereocenters. The average molecular weight is 383 g/mol. The van der Waals surface area contributed by atoms with Crippen molar-refractivity contribution in [3.63, 3.8) is 0 Å². The first-order chi connectivity index (χ1) is 8.95. The van der Waals surface area contributed by atoms with Crippen LogP contribution < -0.4 is 0 Å². The summed E-state index contributed by atoms with van der Waals surface area (Å²) in [7, 11) is 0. The number of hydrogen-bond acceptors (Lipinski definition) is 6. The van der Waals surface area contributed by atoms with Crippen LogP contribution in [-0.4, -0.2) is 31.1 Å². The summed E-state index contributed by atoms with van der Waals surface area (Å²) in [4.78, 5) is 31.1. The summed E-state index contributed by atoms with van der Waals surface area (Å²) >= 11 is -3.68. The van der Waals surface area contributed by atoms with Crippen molar-refractivity contribution >= 4 is 31.1 Å². The van der Waals surface area contributed by atoms with E-state index in [4.69, 9.17) is 6.45 Å². The third kappa shape index (κ3) is 9.23. The van der Waals surface area contributed by atoms with Crippen LogP contribution in [0.3, 0.4) is 0 Å². The van der Waals surface area contributed by atoms with E-state index in [-0.39, 0.29) is 0 Å². The predicted octanol–water partition coefficient (Wildman–Crippen LogP) is 3.02. The predicted molar refractivity (Wildman–Crippen MR) is 70.9 cm³/mol. The van der Waals surface area contributed by atoms with E-state index in [2.05, 4.69) is 9.78 Å². The van der Waals surface area contributed by atoms with Crippen molar-refractivity contribution in [1.29, 1.82) is 0 Å². The molecule has 0 heterocycles. The molecule has 6 nitrogen and oxygen atoms in total. The van der Waals surface area contributed by atoms with Crippen molar-refractivity contribution in [3.8, 4) is 0 Å². The van der Waals surface area contributed by atoms with Gasteiger partial charge in [0, 0.05) is 0 Å². The molecule has 0 fully saturated rings. The molecule has 0 aliphatic heterocycles. The van der Waals surface area contributed by atoms with E-state index >= 15 is 0 Å². The zero-order chi connectivity index (χ0) is 14.7. The summed E-state index contributed by atoms with van der Waals surface area (Å²) in [5, 5.41) is 0. The van der Waals surface area contributed by atoms with Gasteiger partial charge in [0.15, 0.2) is 0 Å². The van der Waals surface area contributed by atoms with Crippen LogP contribution in [0.1, 0.15) is 53.4 Å². The molecule has 0 aromatic heterocycles. The van der Waals surface area contributed by atoms with Crippen LogP contribution in [0.25, 0.3) is 0 Å². The normalized spacial score (nSPS) is 11.2. The molecule has 0 aliphatic carbocycles. The maximum atomic E-state index is 10.9. The van der Waals surface area contributed by atoms with Crippen molar-refractivity contribution in [3.05, 3.63) is 0 Å². The van der Waals surface area contributed by atoms with Gasteiger partial charge in [-0.2, -0.15) is 0 Å². The second kappa shape index (κ2) is 10.4. The van der Waals surface area contributed by atoms with Gasteiger partial charge in [0.25, 0.3) is 0 Å². The molecule has 0 radical (unpaired) electrons. The Morgan fingerprint density at radius 3 is 1.47 bits per heavy atom. The first-order valence-electron chi connectivity index (χ1n) is 6.68.